The Balaban J connectivity index is 1.45. The van der Waals surface area contributed by atoms with Crippen LogP contribution in [-0.2, 0) is 0 Å². The van der Waals surface area contributed by atoms with Crippen LogP contribution in [0.25, 0.3) is 0 Å². The number of urea groups is 2. The first-order chi connectivity index (χ1) is 18.9. The first kappa shape index (κ1) is 26.7. The van der Waals surface area contributed by atoms with Crippen LogP contribution in [0.5, 0.6) is 11.5 Å². The minimum Gasteiger partial charge on any atom is -0.457 e. The summed E-state index contributed by atoms with van der Waals surface area (Å²) in [5, 5.41) is 19.3. The maximum absolute atomic E-state index is 13.2. The number of aryl methyl sites for hydroxylation is 1. The lowest BCUT2D eigenvalue weighted by molar-refractivity contribution is -0.384. The molecule has 4 rings (SSSR count). The number of nitrogens with one attached hydrogen (secondary N) is 3. The van der Waals surface area contributed by atoms with Crippen LogP contribution < -0.4 is 25.6 Å². The number of nitro benzene ring substituents is 1. The number of rotatable bonds is 9. The molecule has 0 spiro atoms. The van der Waals surface area contributed by atoms with Gasteiger partial charge in [0.25, 0.3) is 5.69 Å². The Hall–Kier alpha value is -5.38. The van der Waals surface area contributed by atoms with Crippen LogP contribution in [0.15, 0.2) is 103 Å². The summed E-state index contributed by atoms with van der Waals surface area (Å²) >= 11 is 0. The van der Waals surface area contributed by atoms with Crippen molar-refractivity contribution in [3.8, 4) is 11.5 Å². The topological polar surface area (TPSA) is 126 Å². The average Bonchev–Trinajstić information content (AvgIpc) is 2.94. The minimum absolute atomic E-state index is 0.0808. The lowest BCUT2D eigenvalue weighted by atomic mass is 10.2. The summed E-state index contributed by atoms with van der Waals surface area (Å²) in [6.45, 7) is 2.21. The monoisotopic (exact) mass is 525 g/mol. The van der Waals surface area contributed by atoms with Gasteiger partial charge in [0.1, 0.15) is 11.5 Å². The molecule has 0 saturated heterocycles. The van der Waals surface area contributed by atoms with Crippen molar-refractivity contribution >= 4 is 34.8 Å². The van der Waals surface area contributed by atoms with E-state index in [0.29, 0.717) is 28.6 Å². The zero-order valence-electron chi connectivity index (χ0n) is 21.2. The van der Waals surface area contributed by atoms with E-state index < -0.39 is 17.0 Å². The number of benzene rings is 4. The zero-order chi connectivity index (χ0) is 27.6. The van der Waals surface area contributed by atoms with Crippen LogP contribution in [0.1, 0.15) is 5.56 Å². The third-order valence-corrected chi connectivity index (χ3v) is 5.72. The van der Waals surface area contributed by atoms with E-state index in [1.165, 1.54) is 29.2 Å². The second kappa shape index (κ2) is 12.7. The third kappa shape index (κ3) is 7.56. The normalized spacial score (nSPS) is 10.3. The molecular weight excluding hydrogens is 498 g/mol. The highest BCUT2D eigenvalue weighted by Gasteiger charge is 2.17. The lowest BCUT2D eigenvalue weighted by Crippen LogP contribution is -2.42. The van der Waals surface area contributed by atoms with E-state index in [1.54, 1.807) is 30.3 Å². The van der Waals surface area contributed by atoms with Crippen molar-refractivity contribution in [1.82, 2.24) is 5.32 Å². The number of amides is 4. The van der Waals surface area contributed by atoms with E-state index >= 15 is 0 Å². The number of hydrogen-bond donors (Lipinski definition) is 3. The highest BCUT2D eigenvalue weighted by molar-refractivity contribution is 6.02. The zero-order valence-corrected chi connectivity index (χ0v) is 21.2. The molecule has 0 aliphatic heterocycles. The fourth-order valence-electron chi connectivity index (χ4n) is 3.68. The molecule has 0 saturated carbocycles. The number of carbonyl (C=O) groups is 2. The van der Waals surface area contributed by atoms with Crippen molar-refractivity contribution in [2.24, 2.45) is 0 Å². The second-order valence-corrected chi connectivity index (χ2v) is 8.49. The van der Waals surface area contributed by atoms with Crippen LogP contribution in [0.2, 0.25) is 0 Å². The van der Waals surface area contributed by atoms with E-state index in [-0.39, 0.29) is 18.8 Å². The van der Waals surface area contributed by atoms with Gasteiger partial charge in [-0.1, -0.05) is 36.4 Å². The molecule has 3 N–H and O–H groups in total. The van der Waals surface area contributed by atoms with E-state index in [1.807, 2.05) is 55.5 Å². The first-order valence-electron chi connectivity index (χ1n) is 12.2. The smallest absolute Gasteiger partial charge is 0.326 e. The summed E-state index contributed by atoms with van der Waals surface area (Å²) in [6, 6.07) is 28.4. The lowest BCUT2D eigenvalue weighted by Gasteiger charge is -2.24. The molecule has 0 unspecified atom stereocenters. The molecular formula is C29H27N5O5. The van der Waals surface area contributed by atoms with Gasteiger partial charge >= 0.3 is 12.1 Å². The number of nitro groups is 1. The van der Waals surface area contributed by atoms with Gasteiger partial charge in [-0.3, -0.25) is 15.0 Å². The molecule has 0 aliphatic carbocycles. The maximum atomic E-state index is 13.2. The number of carbonyl (C=O) groups excluding carboxylic acids is 2. The predicted molar refractivity (Wildman–Crippen MR) is 151 cm³/mol. The molecule has 0 bridgehead atoms. The van der Waals surface area contributed by atoms with E-state index in [0.717, 1.165) is 5.56 Å². The molecule has 0 fully saturated rings. The molecule has 4 aromatic carbocycles. The summed E-state index contributed by atoms with van der Waals surface area (Å²) in [4.78, 5) is 37.6. The first-order valence-corrected chi connectivity index (χ1v) is 12.2. The predicted octanol–water partition coefficient (Wildman–Crippen LogP) is 6.56. The van der Waals surface area contributed by atoms with Crippen molar-refractivity contribution in [1.29, 1.82) is 0 Å². The highest BCUT2D eigenvalue weighted by atomic mass is 16.6. The number of non-ortho nitro benzene ring substituents is 1. The Morgan fingerprint density at radius 1 is 0.821 bits per heavy atom. The number of nitrogens with zero attached hydrogens (tertiary/aromatic N) is 2. The van der Waals surface area contributed by atoms with Crippen LogP contribution in [0, 0.1) is 17.0 Å². The van der Waals surface area contributed by atoms with Gasteiger partial charge in [-0.2, -0.15) is 0 Å². The highest BCUT2D eigenvalue weighted by Crippen LogP contribution is 2.25. The SMILES string of the molecule is Cc1ccccc1NC(=O)NCCN(C(=O)Nc1ccc([N+](=O)[O-])cc1)c1ccc(Oc2ccccc2)cc1. The molecule has 0 radical (unpaired) electrons. The molecule has 0 aliphatic rings. The number of para-hydroxylation sites is 2. The molecule has 0 heterocycles. The number of ether oxygens (including phenoxy) is 1. The van der Waals surface area contributed by atoms with Crippen molar-refractivity contribution < 1.29 is 19.2 Å². The van der Waals surface area contributed by atoms with E-state index in [9.17, 15) is 19.7 Å². The number of hydrogen-bond acceptors (Lipinski definition) is 5. The van der Waals surface area contributed by atoms with E-state index in [4.69, 9.17) is 4.74 Å². The summed E-state index contributed by atoms with van der Waals surface area (Å²) in [5.41, 5.74) is 2.50. The fraction of sp³-hybridized carbons (Fsp3) is 0.103. The summed E-state index contributed by atoms with van der Waals surface area (Å²) < 4.78 is 5.84. The summed E-state index contributed by atoms with van der Waals surface area (Å²) in [7, 11) is 0. The van der Waals surface area contributed by atoms with Gasteiger partial charge in [-0.05, 0) is 67.1 Å². The van der Waals surface area contributed by atoms with Gasteiger partial charge in [0.2, 0.25) is 0 Å². The third-order valence-electron chi connectivity index (χ3n) is 5.72. The summed E-state index contributed by atoms with van der Waals surface area (Å²) in [6.07, 6.45) is 0. The molecule has 10 heteroatoms. The van der Waals surface area contributed by atoms with Crippen LogP contribution >= 0.6 is 0 Å². The summed E-state index contributed by atoms with van der Waals surface area (Å²) in [5.74, 6) is 1.28. The molecule has 0 aromatic heterocycles. The van der Waals surface area contributed by atoms with Gasteiger partial charge in [0.05, 0.1) is 4.92 Å². The molecule has 4 amide bonds. The van der Waals surface area contributed by atoms with E-state index in [2.05, 4.69) is 16.0 Å². The van der Waals surface area contributed by atoms with Crippen LogP contribution in [0.4, 0.5) is 32.3 Å². The van der Waals surface area contributed by atoms with Crippen molar-refractivity contribution in [3.05, 3.63) is 119 Å². The van der Waals surface area contributed by atoms with Crippen molar-refractivity contribution in [3.63, 3.8) is 0 Å². The Morgan fingerprint density at radius 2 is 1.46 bits per heavy atom. The second-order valence-electron chi connectivity index (χ2n) is 8.49. The molecule has 4 aromatic rings. The fourth-order valence-corrected chi connectivity index (χ4v) is 3.68. The van der Waals surface area contributed by atoms with Crippen LogP contribution in [0.3, 0.4) is 0 Å². The Kier molecular flexibility index (Phi) is 8.71. The Labute approximate surface area is 225 Å². The largest absolute Gasteiger partial charge is 0.457 e. The Bertz CT molecular complexity index is 1430. The average molecular weight is 526 g/mol. The standard InChI is InChI=1S/C29H27N5O5/c1-21-7-5-6-10-27(21)32-28(35)30-19-20-33(29(36)31-22-11-13-24(14-12-22)34(37)38)23-15-17-26(18-16-23)39-25-8-3-2-4-9-25/h2-18H,19-20H2,1H3,(H,31,36)(H2,30,32,35). The van der Waals surface area contributed by atoms with Gasteiger partial charge in [-0.25, -0.2) is 9.59 Å². The Morgan fingerprint density at radius 3 is 2.13 bits per heavy atom. The van der Waals surface area contributed by atoms with Gasteiger partial charge in [0.15, 0.2) is 0 Å². The van der Waals surface area contributed by atoms with Gasteiger partial charge in [-0.15, -0.1) is 0 Å². The van der Waals surface area contributed by atoms with Crippen LogP contribution in [-0.4, -0.2) is 30.1 Å². The van der Waals surface area contributed by atoms with Gasteiger partial charge < -0.3 is 20.7 Å². The van der Waals surface area contributed by atoms with Crippen molar-refractivity contribution in [2.75, 3.05) is 28.6 Å². The minimum atomic E-state index is -0.509. The van der Waals surface area contributed by atoms with Crippen molar-refractivity contribution in [2.45, 2.75) is 6.92 Å². The number of anilines is 3. The molecule has 198 valence electrons. The molecule has 0 atom stereocenters. The maximum Gasteiger partial charge on any atom is 0.326 e. The molecule has 10 nitrogen and oxygen atoms in total. The molecule has 39 heavy (non-hydrogen) atoms. The van der Waals surface area contributed by atoms with Gasteiger partial charge in [0, 0.05) is 42.3 Å². The quantitative estimate of drug-likeness (QED) is 0.169.